The van der Waals surface area contributed by atoms with Crippen LogP contribution in [0.15, 0.2) is 30.5 Å². The molecule has 0 bridgehead atoms. The second-order valence-corrected chi connectivity index (χ2v) is 11.0. The predicted molar refractivity (Wildman–Crippen MR) is 160 cm³/mol. The van der Waals surface area contributed by atoms with Gasteiger partial charge in [0.25, 0.3) is 0 Å². The van der Waals surface area contributed by atoms with Crippen LogP contribution >= 0.6 is 0 Å². The number of carbonyl (C=O) groups is 6. The smallest absolute Gasteiger partial charge is 0.326 e. The molecule has 13 heteroatoms. The third-order valence-electron chi connectivity index (χ3n) is 7.67. The minimum Gasteiger partial charge on any atom is -0.480 e. The quantitative estimate of drug-likeness (QED) is 0.140. The first-order chi connectivity index (χ1) is 20.3. The van der Waals surface area contributed by atoms with E-state index in [1.54, 1.807) is 13.1 Å². The summed E-state index contributed by atoms with van der Waals surface area (Å²) in [6, 6.07) is 2.81. The predicted octanol–water partition coefficient (Wildman–Crippen LogP) is 1.11. The van der Waals surface area contributed by atoms with Crippen LogP contribution in [0.5, 0.6) is 0 Å². The van der Waals surface area contributed by atoms with Crippen molar-refractivity contribution < 1.29 is 33.9 Å². The number of para-hydroxylation sites is 1. The van der Waals surface area contributed by atoms with E-state index in [0.29, 0.717) is 18.4 Å². The van der Waals surface area contributed by atoms with Gasteiger partial charge in [0.2, 0.25) is 29.5 Å². The summed E-state index contributed by atoms with van der Waals surface area (Å²) in [5.74, 6) is -4.96. The number of primary amides is 1. The van der Waals surface area contributed by atoms with Gasteiger partial charge in [0.1, 0.15) is 24.2 Å². The van der Waals surface area contributed by atoms with Crippen LogP contribution in [-0.2, 0) is 35.2 Å². The molecule has 0 aliphatic rings. The number of hydrogen-bond acceptors (Lipinski definition) is 6. The maximum atomic E-state index is 13.7. The standard InChI is InChI=1S/C30H44N6O7/c1-6-16(3)25(33-18(5)37)29(41)36-26(17(4)7-2)28(40)35-23(14-19-15-32-21-11-9-8-10-20(19)21)27(39)34-22(30(42)43)12-13-24(31)38/h8-11,15-17,22-23,25-26,32H,6-7,12-14H2,1-5H3,(H2,31,38)(H,33,37)(H,34,39)(H,35,40)(H,36,41)(H,42,43)/t16-,17-,22-,23-,25-,26-/m0/s1. The van der Waals surface area contributed by atoms with Gasteiger partial charge in [-0.1, -0.05) is 58.7 Å². The fourth-order valence-electron chi connectivity index (χ4n) is 4.67. The van der Waals surface area contributed by atoms with Crippen LogP contribution in [0.2, 0.25) is 0 Å². The van der Waals surface area contributed by atoms with E-state index in [-0.39, 0.29) is 37.0 Å². The van der Waals surface area contributed by atoms with Gasteiger partial charge in [0.05, 0.1) is 0 Å². The Morgan fingerprint density at radius 3 is 1.95 bits per heavy atom. The Balaban J connectivity index is 2.39. The summed E-state index contributed by atoms with van der Waals surface area (Å²) in [6.07, 6.45) is 2.34. The van der Waals surface area contributed by atoms with Crippen molar-refractivity contribution in [2.75, 3.05) is 0 Å². The van der Waals surface area contributed by atoms with Crippen molar-refractivity contribution in [2.45, 2.75) is 90.9 Å². The average molecular weight is 601 g/mol. The molecule has 1 aromatic carbocycles. The number of aromatic amines is 1. The second kappa shape index (κ2) is 16.3. The first-order valence-corrected chi connectivity index (χ1v) is 14.5. The summed E-state index contributed by atoms with van der Waals surface area (Å²) >= 11 is 0. The lowest BCUT2D eigenvalue weighted by atomic mass is 9.94. The van der Waals surface area contributed by atoms with Crippen molar-refractivity contribution in [3.8, 4) is 0 Å². The van der Waals surface area contributed by atoms with Crippen LogP contribution in [0.25, 0.3) is 10.9 Å². The molecule has 2 rings (SSSR count). The molecule has 8 N–H and O–H groups in total. The van der Waals surface area contributed by atoms with Gasteiger partial charge in [0.15, 0.2) is 0 Å². The highest BCUT2D eigenvalue weighted by atomic mass is 16.4. The number of amides is 5. The summed E-state index contributed by atoms with van der Waals surface area (Å²) in [6.45, 7) is 8.64. The van der Waals surface area contributed by atoms with Crippen LogP contribution in [-0.4, -0.2) is 69.8 Å². The highest BCUT2D eigenvalue weighted by molar-refractivity contribution is 5.95. The zero-order valence-electron chi connectivity index (χ0n) is 25.4. The highest BCUT2D eigenvalue weighted by Crippen LogP contribution is 2.20. The van der Waals surface area contributed by atoms with E-state index in [1.807, 2.05) is 45.0 Å². The van der Waals surface area contributed by atoms with Crippen molar-refractivity contribution in [2.24, 2.45) is 17.6 Å². The molecule has 236 valence electrons. The molecule has 0 radical (unpaired) electrons. The Hall–Kier alpha value is -4.42. The SMILES string of the molecule is CC[C@H](C)[C@H](NC(C)=O)C(=O)N[C@H](C(=O)N[C@@H](Cc1c[nH]c2ccccc12)C(=O)N[C@@H](CCC(N)=O)C(=O)O)[C@@H](C)CC. The first-order valence-electron chi connectivity index (χ1n) is 14.5. The minimum absolute atomic E-state index is 0.00625. The average Bonchev–Trinajstić information content (AvgIpc) is 3.37. The third-order valence-corrected chi connectivity index (χ3v) is 7.67. The van der Waals surface area contributed by atoms with E-state index in [4.69, 9.17) is 5.73 Å². The second-order valence-electron chi connectivity index (χ2n) is 11.0. The monoisotopic (exact) mass is 600 g/mol. The summed E-state index contributed by atoms with van der Waals surface area (Å²) in [5.41, 5.74) is 6.68. The number of carboxylic acid groups (broad SMARTS) is 1. The number of carboxylic acids is 1. The Morgan fingerprint density at radius 2 is 1.40 bits per heavy atom. The molecule has 0 saturated heterocycles. The van der Waals surface area contributed by atoms with E-state index < -0.39 is 53.8 Å². The molecule has 13 nitrogen and oxygen atoms in total. The summed E-state index contributed by atoms with van der Waals surface area (Å²) in [4.78, 5) is 78.5. The molecule has 2 aromatic rings. The molecule has 43 heavy (non-hydrogen) atoms. The van der Waals surface area contributed by atoms with Gasteiger partial charge in [-0.25, -0.2) is 4.79 Å². The Labute approximate surface area is 251 Å². The number of rotatable bonds is 17. The lowest BCUT2D eigenvalue weighted by molar-refractivity contribution is -0.142. The number of hydrogen-bond donors (Lipinski definition) is 7. The number of benzene rings is 1. The molecule has 0 unspecified atom stereocenters. The Morgan fingerprint density at radius 1 is 0.837 bits per heavy atom. The maximum Gasteiger partial charge on any atom is 0.326 e. The highest BCUT2D eigenvalue weighted by Gasteiger charge is 2.34. The molecule has 5 amide bonds. The van der Waals surface area contributed by atoms with Crippen molar-refractivity contribution in [1.29, 1.82) is 0 Å². The van der Waals surface area contributed by atoms with E-state index >= 15 is 0 Å². The number of nitrogens with one attached hydrogen (secondary N) is 5. The lowest BCUT2D eigenvalue weighted by Gasteiger charge is -2.30. The summed E-state index contributed by atoms with van der Waals surface area (Å²) in [7, 11) is 0. The Bertz CT molecular complexity index is 1310. The van der Waals surface area contributed by atoms with E-state index in [0.717, 1.165) is 10.9 Å². The van der Waals surface area contributed by atoms with Crippen LogP contribution in [0.1, 0.15) is 65.9 Å². The number of nitrogens with two attached hydrogens (primary N) is 1. The molecular formula is C30H44N6O7. The van der Waals surface area contributed by atoms with Crippen LogP contribution in [0, 0.1) is 11.8 Å². The van der Waals surface area contributed by atoms with E-state index in [9.17, 15) is 33.9 Å². The topological polar surface area (TPSA) is 213 Å². The molecule has 0 fully saturated rings. The van der Waals surface area contributed by atoms with Gasteiger partial charge < -0.3 is 37.1 Å². The van der Waals surface area contributed by atoms with Crippen LogP contribution in [0.3, 0.4) is 0 Å². The number of H-pyrrole nitrogens is 1. The van der Waals surface area contributed by atoms with Crippen molar-refractivity contribution >= 4 is 46.4 Å². The molecule has 0 aliphatic carbocycles. The third kappa shape index (κ3) is 10.1. The first kappa shape index (κ1) is 34.8. The number of fused-ring (bicyclic) bond motifs is 1. The lowest BCUT2D eigenvalue weighted by Crippen LogP contribution is -2.60. The molecule has 0 spiro atoms. The van der Waals surface area contributed by atoms with E-state index in [1.165, 1.54) is 6.92 Å². The van der Waals surface area contributed by atoms with E-state index in [2.05, 4.69) is 26.3 Å². The zero-order valence-corrected chi connectivity index (χ0v) is 25.4. The van der Waals surface area contributed by atoms with Crippen LogP contribution < -0.4 is 27.0 Å². The van der Waals surface area contributed by atoms with Gasteiger partial charge in [0, 0.05) is 36.9 Å². The van der Waals surface area contributed by atoms with Crippen molar-refractivity contribution in [1.82, 2.24) is 26.3 Å². The zero-order chi connectivity index (χ0) is 32.3. The molecule has 1 heterocycles. The number of aromatic nitrogens is 1. The molecule has 0 saturated carbocycles. The fraction of sp³-hybridized carbons (Fsp3) is 0.533. The van der Waals surface area contributed by atoms with Crippen molar-refractivity contribution in [3.63, 3.8) is 0 Å². The van der Waals surface area contributed by atoms with Gasteiger partial charge >= 0.3 is 5.97 Å². The minimum atomic E-state index is -1.42. The largest absolute Gasteiger partial charge is 0.480 e. The molecule has 0 aliphatic heterocycles. The molecular weight excluding hydrogens is 556 g/mol. The molecule has 1 aromatic heterocycles. The molecule has 6 atom stereocenters. The number of aliphatic carboxylic acids is 1. The normalized spacial score (nSPS) is 15.3. The number of carbonyl (C=O) groups excluding carboxylic acids is 5. The van der Waals surface area contributed by atoms with Crippen LogP contribution in [0.4, 0.5) is 0 Å². The summed E-state index contributed by atoms with van der Waals surface area (Å²) < 4.78 is 0. The fourth-order valence-corrected chi connectivity index (χ4v) is 4.67. The van der Waals surface area contributed by atoms with Crippen molar-refractivity contribution in [3.05, 3.63) is 36.0 Å². The van der Waals surface area contributed by atoms with Gasteiger partial charge in [-0.05, 0) is 29.9 Å². The van der Waals surface area contributed by atoms with Gasteiger partial charge in [-0.3, -0.25) is 24.0 Å². The maximum absolute atomic E-state index is 13.7. The Kier molecular flexibility index (Phi) is 13.2. The van der Waals surface area contributed by atoms with Gasteiger partial charge in [-0.2, -0.15) is 0 Å². The van der Waals surface area contributed by atoms with Gasteiger partial charge in [-0.15, -0.1) is 0 Å². The summed E-state index contributed by atoms with van der Waals surface area (Å²) in [5, 5.41) is 21.0.